The topological polar surface area (TPSA) is 98.2 Å². The lowest BCUT2D eigenvalue weighted by Gasteiger charge is -2.05. The zero-order chi connectivity index (χ0) is 23.5. The van der Waals surface area contributed by atoms with Gasteiger partial charge in [0.15, 0.2) is 5.65 Å². The Morgan fingerprint density at radius 1 is 0.971 bits per heavy atom. The van der Waals surface area contributed by atoms with Crippen molar-refractivity contribution in [3.8, 4) is 0 Å². The predicted octanol–water partition coefficient (Wildman–Crippen LogP) is 4.67. The second-order valence-electron chi connectivity index (χ2n) is 7.74. The summed E-state index contributed by atoms with van der Waals surface area (Å²) in [6.45, 7) is 0.462. The minimum Gasteiger partial charge on any atom is -0.383 e. The molecule has 0 aliphatic rings. The summed E-state index contributed by atoms with van der Waals surface area (Å²) in [6.07, 6.45) is 2.34. The van der Waals surface area contributed by atoms with Crippen LogP contribution in [-0.2, 0) is 6.42 Å². The van der Waals surface area contributed by atoms with Crippen LogP contribution in [0.4, 0.5) is 5.82 Å². The van der Waals surface area contributed by atoms with Crippen molar-refractivity contribution in [1.82, 2.24) is 20.0 Å². The molecule has 2 aromatic heterocycles. The summed E-state index contributed by atoms with van der Waals surface area (Å²) >= 11 is 5.97. The Bertz CT molecular complexity index is 1510. The van der Waals surface area contributed by atoms with E-state index in [9.17, 15) is 4.79 Å². The van der Waals surface area contributed by atoms with Crippen LogP contribution in [0, 0.1) is 0 Å². The van der Waals surface area contributed by atoms with Gasteiger partial charge >= 0.3 is 0 Å². The van der Waals surface area contributed by atoms with Crippen LogP contribution in [0.2, 0.25) is 5.02 Å². The van der Waals surface area contributed by atoms with Crippen LogP contribution < -0.4 is 11.1 Å². The molecule has 0 aliphatic carbocycles. The van der Waals surface area contributed by atoms with Gasteiger partial charge in [0, 0.05) is 11.6 Å². The maximum Gasteiger partial charge on any atom is 0.257 e. The van der Waals surface area contributed by atoms with Gasteiger partial charge in [-0.3, -0.25) is 4.79 Å². The molecular formula is C26H21ClN6O. The van der Waals surface area contributed by atoms with E-state index in [-0.39, 0.29) is 17.3 Å². The highest BCUT2D eigenvalue weighted by Gasteiger charge is 2.23. The van der Waals surface area contributed by atoms with Gasteiger partial charge < -0.3 is 11.1 Å². The van der Waals surface area contributed by atoms with Gasteiger partial charge in [0.2, 0.25) is 0 Å². The molecule has 2 heterocycles. The van der Waals surface area contributed by atoms with Crippen LogP contribution in [-0.4, -0.2) is 33.3 Å². The van der Waals surface area contributed by atoms with E-state index in [1.807, 2.05) is 66.7 Å². The highest BCUT2D eigenvalue weighted by atomic mass is 35.5. The first-order valence-corrected chi connectivity index (χ1v) is 11.2. The predicted molar refractivity (Wildman–Crippen MR) is 136 cm³/mol. The molecule has 0 saturated heterocycles. The van der Waals surface area contributed by atoms with Gasteiger partial charge in [-0.25, -0.2) is 9.97 Å². The number of nitrogens with one attached hydrogen (secondary N) is 1. The van der Waals surface area contributed by atoms with Gasteiger partial charge in [-0.1, -0.05) is 66.2 Å². The zero-order valence-corrected chi connectivity index (χ0v) is 18.9. The molecule has 8 heteroatoms. The zero-order valence-electron chi connectivity index (χ0n) is 18.1. The van der Waals surface area contributed by atoms with E-state index in [0.717, 1.165) is 11.1 Å². The number of carbonyl (C=O) groups is 1. The first-order valence-electron chi connectivity index (χ1n) is 10.8. The molecule has 5 rings (SSSR count). The lowest BCUT2D eigenvalue weighted by atomic mass is 10.1. The molecule has 0 spiro atoms. The third-order valence-corrected chi connectivity index (χ3v) is 5.69. The monoisotopic (exact) mass is 468 g/mol. The summed E-state index contributed by atoms with van der Waals surface area (Å²) in [5.74, 6) is -0.142. The van der Waals surface area contributed by atoms with Crippen LogP contribution in [0.1, 0.15) is 21.5 Å². The number of para-hydroxylation sites is 2. The molecule has 0 saturated carbocycles. The fourth-order valence-corrected chi connectivity index (χ4v) is 3.84. The Labute approximate surface area is 200 Å². The molecule has 0 unspecified atom stereocenters. The number of nitrogens with zero attached hydrogens (tertiary/aromatic N) is 4. The molecule has 5 aromatic rings. The standard InChI is InChI=1S/C26H21ClN6O/c27-19-12-10-18(11-13-19)16-30-33-24(28)22(26(34)29-15-14-17-6-2-1-3-7-17)23-25(33)32-21-9-5-4-8-20(21)31-23/h1-13,16H,14-15,28H2,(H,29,34)/b30-16-. The highest BCUT2D eigenvalue weighted by Crippen LogP contribution is 2.27. The number of fused-ring (bicyclic) bond motifs is 2. The van der Waals surface area contributed by atoms with E-state index >= 15 is 0 Å². The third-order valence-electron chi connectivity index (χ3n) is 5.44. The summed E-state index contributed by atoms with van der Waals surface area (Å²) in [7, 11) is 0. The van der Waals surface area contributed by atoms with Crippen LogP contribution >= 0.6 is 11.6 Å². The number of nitrogen functional groups attached to an aromatic ring is 1. The molecule has 3 aromatic carbocycles. The number of hydrogen-bond donors (Lipinski definition) is 2. The van der Waals surface area contributed by atoms with Crippen molar-refractivity contribution in [2.24, 2.45) is 5.10 Å². The van der Waals surface area contributed by atoms with E-state index in [0.29, 0.717) is 40.2 Å². The summed E-state index contributed by atoms with van der Waals surface area (Å²) in [4.78, 5) is 22.6. The maximum absolute atomic E-state index is 13.2. The number of rotatable bonds is 6. The Kier molecular flexibility index (Phi) is 5.93. The molecule has 168 valence electrons. The van der Waals surface area contributed by atoms with Gasteiger partial charge in [-0.2, -0.15) is 9.78 Å². The van der Waals surface area contributed by atoms with Crippen molar-refractivity contribution in [2.75, 3.05) is 12.3 Å². The summed E-state index contributed by atoms with van der Waals surface area (Å²) < 4.78 is 1.45. The van der Waals surface area contributed by atoms with Crippen LogP contribution in [0.25, 0.3) is 22.2 Å². The quantitative estimate of drug-likeness (QED) is 0.353. The number of hydrogen-bond acceptors (Lipinski definition) is 5. The van der Waals surface area contributed by atoms with E-state index in [2.05, 4.69) is 10.4 Å². The smallest absolute Gasteiger partial charge is 0.257 e. The molecule has 0 atom stereocenters. The minimum absolute atomic E-state index is 0.174. The van der Waals surface area contributed by atoms with E-state index in [1.165, 1.54) is 4.68 Å². The fraction of sp³-hybridized carbons (Fsp3) is 0.0769. The van der Waals surface area contributed by atoms with Gasteiger partial charge in [-0.15, -0.1) is 0 Å². The van der Waals surface area contributed by atoms with Gasteiger partial charge in [0.05, 0.1) is 17.2 Å². The van der Waals surface area contributed by atoms with Gasteiger partial charge in [-0.05, 0) is 41.8 Å². The normalized spacial score (nSPS) is 11.4. The fourth-order valence-electron chi connectivity index (χ4n) is 3.71. The Morgan fingerprint density at radius 3 is 2.38 bits per heavy atom. The molecule has 0 radical (unpaired) electrons. The Morgan fingerprint density at radius 2 is 1.65 bits per heavy atom. The summed E-state index contributed by atoms with van der Waals surface area (Å²) in [5, 5.41) is 8.10. The number of nitrogens with two attached hydrogens (primary N) is 1. The van der Waals surface area contributed by atoms with Crippen molar-refractivity contribution in [1.29, 1.82) is 0 Å². The Balaban J connectivity index is 1.53. The average molecular weight is 469 g/mol. The summed E-state index contributed by atoms with van der Waals surface area (Å²) in [6, 6.07) is 24.7. The number of halogens is 1. The van der Waals surface area contributed by atoms with Gasteiger partial charge in [0.25, 0.3) is 5.91 Å². The second kappa shape index (κ2) is 9.33. The molecule has 1 amide bonds. The molecule has 34 heavy (non-hydrogen) atoms. The van der Waals surface area contributed by atoms with Crippen LogP contribution in [0.15, 0.2) is 84.0 Å². The number of benzene rings is 3. The van der Waals surface area contributed by atoms with Crippen molar-refractivity contribution in [3.63, 3.8) is 0 Å². The first kappa shape index (κ1) is 21.6. The van der Waals surface area contributed by atoms with E-state index in [4.69, 9.17) is 27.3 Å². The van der Waals surface area contributed by atoms with Gasteiger partial charge in [0.1, 0.15) is 16.9 Å². The number of anilines is 1. The maximum atomic E-state index is 13.2. The SMILES string of the molecule is Nc1c(C(=O)NCCc2ccccc2)c2nc3ccccc3nc2n1/N=C\c1ccc(Cl)cc1. The molecule has 0 aliphatic heterocycles. The third kappa shape index (κ3) is 4.33. The second-order valence-corrected chi connectivity index (χ2v) is 8.18. The molecular weight excluding hydrogens is 448 g/mol. The van der Waals surface area contributed by atoms with Crippen LogP contribution in [0.3, 0.4) is 0 Å². The average Bonchev–Trinajstić information content (AvgIpc) is 3.13. The lowest BCUT2D eigenvalue weighted by molar-refractivity contribution is 0.0956. The van der Waals surface area contributed by atoms with Crippen molar-refractivity contribution >= 4 is 51.7 Å². The van der Waals surface area contributed by atoms with Crippen LogP contribution in [0.5, 0.6) is 0 Å². The van der Waals surface area contributed by atoms with Crippen molar-refractivity contribution < 1.29 is 4.79 Å². The van der Waals surface area contributed by atoms with E-state index < -0.39 is 0 Å². The molecule has 0 bridgehead atoms. The first-order chi connectivity index (χ1) is 16.6. The number of carbonyl (C=O) groups excluding carboxylic acids is 1. The van der Waals surface area contributed by atoms with E-state index in [1.54, 1.807) is 18.3 Å². The Hall–Kier alpha value is -4.23. The number of amides is 1. The minimum atomic E-state index is -0.316. The molecule has 0 fully saturated rings. The lowest BCUT2D eigenvalue weighted by Crippen LogP contribution is -2.26. The molecule has 7 nitrogen and oxygen atoms in total. The molecule has 3 N–H and O–H groups in total. The van der Waals surface area contributed by atoms with Crippen molar-refractivity contribution in [3.05, 3.63) is 101 Å². The summed E-state index contributed by atoms with van der Waals surface area (Å²) in [5.41, 5.74) is 10.8. The number of aromatic nitrogens is 3. The largest absolute Gasteiger partial charge is 0.383 e. The highest BCUT2D eigenvalue weighted by molar-refractivity contribution is 6.30. The van der Waals surface area contributed by atoms with Crippen molar-refractivity contribution in [2.45, 2.75) is 6.42 Å².